The van der Waals surface area contributed by atoms with E-state index in [2.05, 4.69) is 74.5 Å². The molecule has 1 unspecified atom stereocenters. The number of halogens is 1. The van der Waals surface area contributed by atoms with Crippen LogP contribution in [0.3, 0.4) is 0 Å². The molecular formula is C25H36IN5O. The Morgan fingerprint density at radius 3 is 2.53 bits per heavy atom. The van der Waals surface area contributed by atoms with E-state index in [1.165, 1.54) is 30.4 Å². The number of pyridine rings is 1. The summed E-state index contributed by atoms with van der Waals surface area (Å²) in [4.78, 5) is 13.9. The second-order valence-corrected chi connectivity index (χ2v) is 8.67. The lowest BCUT2D eigenvalue weighted by molar-refractivity contribution is 0.0529. The molecular weight excluding hydrogens is 513 g/mol. The number of hydrogen-bond acceptors (Lipinski definition) is 4. The van der Waals surface area contributed by atoms with Crippen molar-refractivity contribution in [3.05, 3.63) is 59.8 Å². The predicted molar refractivity (Wildman–Crippen MR) is 142 cm³/mol. The van der Waals surface area contributed by atoms with Gasteiger partial charge in [-0.1, -0.05) is 36.4 Å². The number of morpholine rings is 1. The molecule has 4 rings (SSSR count). The summed E-state index contributed by atoms with van der Waals surface area (Å²) in [6.45, 7) is 7.54. The second kappa shape index (κ2) is 12.4. The molecule has 1 atom stereocenters. The van der Waals surface area contributed by atoms with Gasteiger partial charge in [-0.3, -0.25) is 4.99 Å². The monoisotopic (exact) mass is 549 g/mol. The summed E-state index contributed by atoms with van der Waals surface area (Å²) in [6.07, 6.45) is 5.84. The maximum absolute atomic E-state index is 5.63. The highest BCUT2D eigenvalue weighted by Crippen LogP contribution is 2.22. The van der Waals surface area contributed by atoms with E-state index in [0.29, 0.717) is 0 Å². The van der Waals surface area contributed by atoms with Gasteiger partial charge in [0, 0.05) is 46.0 Å². The number of aromatic nitrogens is 1. The van der Waals surface area contributed by atoms with Gasteiger partial charge in [0.05, 0.1) is 12.7 Å². The SMILES string of the molecule is CN=C(NCc1ccc(N2CCOC(C)C2)nc1)N1CCC(Cc2ccccc2)CC1.I. The third kappa shape index (κ3) is 6.81. The number of guanidine groups is 1. The summed E-state index contributed by atoms with van der Waals surface area (Å²) >= 11 is 0. The average Bonchev–Trinajstić information content (AvgIpc) is 2.81. The van der Waals surface area contributed by atoms with Crippen molar-refractivity contribution in [1.82, 2.24) is 15.2 Å². The third-order valence-corrected chi connectivity index (χ3v) is 6.32. The fraction of sp³-hybridized carbons (Fsp3) is 0.520. The molecule has 2 saturated heterocycles. The molecule has 6 nitrogen and oxygen atoms in total. The van der Waals surface area contributed by atoms with Crippen molar-refractivity contribution >= 4 is 35.8 Å². The van der Waals surface area contributed by atoms with Gasteiger partial charge >= 0.3 is 0 Å². The Balaban J connectivity index is 0.00000289. The quantitative estimate of drug-likeness (QED) is 0.348. The fourth-order valence-electron chi connectivity index (χ4n) is 4.54. The van der Waals surface area contributed by atoms with Crippen molar-refractivity contribution in [3.8, 4) is 0 Å². The maximum atomic E-state index is 5.63. The normalized spacial score (nSPS) is 20.1. The average molecular weight is 550 g/mol. The zero-order valence-electron chi connectivity index (χ0n) is 19.2. The molecule has 2 fully saturated rings. The van der Waals surface area contributed by atoms with Crippen molar-refractivity contribution in [1.29, 1.82) is 0 Å². The van der Waals surface area contributed by atoms with Crippen molar-refractivity contribution in [2.45, 2.75) is 38.8 Å². The molecule has 7 heteroatoms. The highest BCUT2D eigenvalue weighted by Gasteiger charge is 2.22. The van der Waals surface area contributed by atoms with E-state index in [9.17, 15) is 0 Å². The number of hydrogen-bond donors (Lipinski definition) is 1. The summed E-state index contributed by atoms with van der Waals surface area (Å²) in [6, 6.07) is 15.1. The van der Waals surface area contributed by atoms with E-state index < -0.39 is 0 Å². The molecule has 0 radical (unpaired) electrons. The Morgan fingerprint density at radius 1 is 1.09 bits per heavy atom. The predicted octanol–water partition coefficient (Wildman–Crippen LogP) is 3.95. The fourth-order valence-corrected chi connectivity index (χ4v) is 4.54. The van der Waals surface area contributed by atoms with E-state index in [1.807, 2.05) is 13.2 Å². The number of rotatable bonds is 5. The molecule has 1 aromatic heterocycles. The molecule has 0 amide bonds. The molecule has 0 saturated carbocycles. The largest absolute Gasteiger partial charge is 0.375 e. The zero-order chi connectivity index (χ0) is 21.5. The minimum Gasteiger partial charge on any atom is -0.375 e. The van der Waals surface area contributed by atoms with Crippen LogP contribution in [0.1, 0.15) is 30.9 Å². The topological polar surface area (TPSA) is 53.0 Å². The molecule has 32 heavy (non-hydrogen) atoms. The smallest absolute Gasteiger partial charge is 0.193 e. The van der Waals surface area contributed by atoms with Crippen molar-refractivity contribution in [2.24, 2.45) is 10.9 Å². The molecule has 0 aliphatic carbocycles. The third-order valence-electron chi connectivity index (χ3n) is 6.32. The standard InChI is InChI=1S/C25H35N5O.HI/c1-20-19-30(14-15-31-20)24-9-8-23(17-27-24)18-28-25(26-2)29-12-10-22(11-13-29)16-21-6-4-3-5-7-21;/h3-9,17,20,22H,10-16,18-19H2,1-2H3,(H,26,28);1H. The van der Waals surface area contributed by atoms with Gasteiger partial charge in [0.2, 0.25) is 0 Å². The second-order valence-electron chi connectivity index (χ2n) is 8.67. The van der Waals surface area contributed by atoms with Gasteiger partial charge in [0.15, 0.2) is 5.96 Å². The number of benzene rings is 1. The van der Waals surface area contributed by atoms with Gasteiger partial charge in [0.1, 0.15) is 5.82 Å². The maximum Gasteiger partial charge on any atom is 0.193 e. The molecule has 3 heterocycles. The first-order valence-corrected chi connectivity index (χ1v) is 11.5. The van der Waals surface area contributed by atoms with Crippen LogP contribution in [0.2, 0.25) is 0 Å². The number of anilines is 1. The van der Waals surface area contributed by atoms with Crippen molar-refractivity contribution in [2.75, 3.05) is 44.7 Å². The van der Waals surface area contributed by atoms with Gasteiger partial charge in [-0.05, 0) is 49.3 Å². The minimum absolute atomic E-state index is 0. The highest BCUT2D eigenvalue weighted by atomic mass is 127. The van der Waals surface area contributed by atoms with Crippen molar-refractivity contribution in [3.63, 3.8) is 0 Å². The van der Waals surface area contributed by atoms with E-state index in [4.69, 9.17) is 4.74 Å². The summed E-state index contributed by atoms with van der Waals surface area (Å²) in [7, 11) is 1.87. The Hall–Kier alpha value is -1.87. The lowest BCUT2D eigenvalue weighted by Crippen LogP contribution is -2.45. The zero-order valence-corrected chi connectivity index (χ0v) is 21.6. The van der Waals surface area contributed by atoms with Gasteiger partial charge in [-0.25, -0.2) is 4.98 Å². The van der Waals surface area contributed by atoms with E-state index in [1.54, 1.807) is 0 Å². The lowest BCUT2D eigenvalue weighted by Gasteiger charge is -2.34. The Bertz CT molecular complexity index is 837. The van der Waals surface area contributed by atoms with Crippen molar-refractivity contribution < 1.29 is 4.74 Å². The first-order valence-electron chi connectivity index (χ1n) is 11.5. The van der Waals surface area contributed by atoms with Gasteiger partial charge < -0.3 is 19.9 Å². The first-order chi connectivity index (χ1) is 15.2. The number of likely N-dealkylation sites (tertiary alicyclic amines) is 1. The molecule has 0 bridgehead atoms. The van der Waals surface area contributed by atoms with Crippen LogP contribution in [-0.2, 0) is 17.7 Å². The number of nitrogens with one attached hydrogen (secondary N) is 1. The molecule has 2 aromatic rings. The van der Waals surface area contributed by atoms with Crippen LogP contribution in [0, 0.1) is 5.92 Å². The lowest BCUT2D eigenvalue weighted by atomic mass is 9.90. The highest BCUT2D eigenvalue weighted by molar-refractivity contribution is 14.0. The molecule has 174 valence electrons. The summed E-state index contributed by atoms with van der Waals surface area (Å²) < 4.78 is 5.63. The molecule has 1 N–H and O–H groups in total. The summed E-state index contributed by atoms with van der Waals surface area (Å²) in [5.74, 6) is 2.78. The van der Waals surface area contributed by atoms with Crippen LogP contribution in [0.4, 0.5) is 5.82 Å². The molecule has 1 aromatic carbocycles. The number of ether oxygens (including phenoxy) is 1. The molecule has 0 spiro atoms. The van der Waals surface area contributed by atoms with E-state index >= 15 is 0 Å². The van der Waals surface area contributed by atoms with E-state index in [-0.39, 0.29) is 30.1 Å². The minimum atomic E-state index is 0. The van der Waals surface area contributed by atoms with Crippen LogP contribution in [0.5, 0.6) is 0 Å². The number of aliphatic imine (C=N–C) groups is 1. The Labute approximate surface area is 209 Å². The Kier molecular flexibility index (Phi) is 9.59. The summed E-state index contributed by atoms with van der Waals surface area (Å²) in [5.41, 5.74) is 2.62. The van der Waals surface area contributed by atoms with Crippen LogP contribution in [0.25, 0.3) is 0 Å². The number of piperidine rings is 1. The van der Waals surface area contributed by atoms with E-state index in [0.717, 1.165) is 57.0 Å². The van der Waals surface area contributed by atoms with Crippen LogP contribution in [0.15, 0.2) is 53.7 Å². The Morgan fingerprint density at radius 2 is 1.88 bits per heavy atom. The van der Waals surface area contributed by atoms with Gasteiger partial charge in [-0.15, -0.1) is 24.0 Å². The molecule has 2 aliphatic rings. The van der Waals surface area contributed by atoms with Crippen LogP contribution in [-0.4, -0.2) is 61.8 Å². The van der Waals surface area contributed by atoms with Gasteiger partial charge in [0.25, 0.3) is 0 Å². The number of nitrogens with zero attached hydrogens (tertiary/aromatic N) is 4. The first kappa shape index (κ1) is 24.8. The van der Waals surface area contributed by atoms with Gasteiger partial charge in [-0.2, -0.15) is 0 Å². The van der Waals surface area contributed by atoms with Crippen LogP contribution < -0.4 is 10.2 Å². The van der Waals surface area contributed by atoms with Crippen LogP contribution >= 0.6 is 24.0 Å². The summed E-state index contributed by atoms with van der Waals surface area (Å²) in [5, 5.41) is 3.53. The molecule has 2 aliphatic heterocycles.